The molecule has 0 atom stereocenters. The lowest BCUT2D eigenvalue weighted by molar-refractivity contribution is 1.07. The van der Waals surface area contributed by atoms with Gasteiger partial charge in [-0.05, 0) is 80.5 Å². The van der Waals surface area contributed by atoms with Crippen LogP contribution in [0.15, 0.2) is 237 Å². The average Bonchev–Trinajstić information content (AvgIpc) is 3.93. The molecule has 3 aromatic heterocycles. The summed E-state index contributed by atoms with van der Waals surface area (Å²) in [6.45, 7) is 0. The number of hydrogen-bond acceptors (Lipinski definition) is 3. The second-order valence-corrected chi connectivity index (χ2v) is 17.6. The van der Waals surface area contributed by atoms with Crippen molar-refractivity contribution in [1.29, 1.82) is 0 Å². The highest BCUT2D eigenvalue weighted by atomic mass is 15.0. The van der Waals surface area contributed by atoms with Gasteiger partial charge in [-0.2, -0.15) is 0 Å². The van der Waals surface area contributed by atoms with E-state index >= 15 is 0 Å². The summed E-state index contributed by atoms with van der Waals surface area (Å²) in [7, 11) is 0. The maximum absolute atomic E-state index is 5.31. The Morgan fingerprint density at radius 1 is 0.265 bits per heavy atom. The summed E-state index contributed by atoms with van der Waals surface area (Å²) < 4.78 is 4.94. The van der Waals surface area contributed by atoms with Crippen LogP contribution in [-0.2, 0) is 0 Å². The SMILES string of the molecule is c1ccc(-c2cccc(-c3nc(-c4cccc(-n5c6ccccc6c6c(-n7c8ccccc8c8c9ccccc9ccc87)c7ccccc7cc65)c4)nc(-c4cccc5ccccc45)n3)c2)cc1. The van der Waals surface area contributed by atoms with Crippen LogP contribution >= 0.6 is 0 Å². The van der Waals surface area contributed by atoms with E-state index in [0.717, 1.165) is 55.3 Å². The first-order valence-corrected chi connectivity index (χ1v) is 23.1. The molecule has 68 heavy (non-hydrogen) atoms. The van der Waals surface area contributed by atoms with Crippen LogP contribution in [0.5, 0.6) is 0 Å². The number of rotatable bonds is 6. The zero-order valence-corrected chi connectivity index (χ0v) is 36.8. The second kappa shape index (κ2) is 15.2. The van der Waals surface area contributed by atoms with Crippen LogP contribution in [0.25, 0.3) is 133 Å². The van der Waals surface area contributed by atoms with Gasteiger partial charge in [0.25, 0.3) is 0 Å². The Hall–Kier alpha value is -9.19. The summed E-state index contributed by atoms with van der Waals surface area (Å²) in [5, 5.41) is 12.0. The maximum Gasteiger partial charge on any atom is 0.164 e. The van der Waals surface area contributed by atoms with Gasteiger partial charge < -0.3 is 9.13 Å². The molecule has 0 aliphatic heterocycles. The highest BCUT2D eigenvalue weighted by molar-refractivity contribution is 6.25. The summed E-state index contributed by atoms with van der Waals surface area (Å²) >= 11 is 0. The fraction of sp³-hybridized carbons (Fsp3) is 0. The fourth-order valence-corrected chi connectivity index (χ4v) is 10.7. The predicted molar refractivity (Wildman–Crippen MR) is 283 cm³/mol. The molecule has 0 saturated carbocycles. The van der Waals surface area contributed by atoms with E-state index in [1.54, 1.807) is 0 Å². The number of hydrogen-bond donors (Lipinski definition) is 0. The molecule has 0 aliphatic carbocycles. The largest absolute Gasteiger partial charge is 0.309 e. The van der Waals surface area contributed by atoms with E-state index < -0.39 is 0 Å². The third kappa shape index (κ3) is 5.93. The molecule has 0 radical (unpaired) electrons. The van der Waals surface area contributed by atoms with Gasteiger partial charge in [-0.15, -0.1) is 0 Å². The molecule has 0 bridgehead atoms. The Bertz CT molecular complexity index is 4330. The molecule has 0 unspecified atom stereocenters. The van der Waals surface area contributed by atoms with Gasteiger partial charge in [0, 0.05) is 49.3 Å². The molecule has 3 heterocycles. The van der Waals surface area contributed by atoms with Crippen LogP contribution in [0.1, 0.15) is 0 Å². The van der Waals surface area contributed by atoms with Crippen molar-refractivity contribution in [1.82, 2.24) is 24.1 Å². The van der Waals surface area contributed by atoms with E-state index in [2.05, 4.69) is 240 Å². The van der Waals surface area contributed by atoms with Crippen LogP contribution in [0.2, 0.25) is 0 Å². The Balaban J connectivity index is 1.02. The van der Waals surface area contributed by atoms with E-state index in [4.69, 9.17) is 15.0 Å². The van der Waals surface area contributed by atoms with Crippen LogP contribution < -0.4 is 0 Å². The van der Waals surface area contributed by atoms with Gasteiger partial charge in [0.1, 0.15) is 0 Å². The third-order valence-electron chi connectivity index (χ3n) is 13.7. The molecule has 0 N–H and O–H groups in total. The van der Waals surface area contributed by atoms with Gasteiger partial charge in [-0.3, -0.25) is 0 Å². The molecular formula is C63H39N5. The van der Waals surface area contributed by atoms with Crippen molar-refractivity contribution in [2.24, 2.45) is 0 Å². The molecule has 14 rings (SSSR count). The Kier molecular flexibility index (Phi) is 8.52. The van der Waals surface area contributed by atoms with Crippen molar-refractivity contribution in [2.75, 3.05) is 0 Å². The van der Waals surface area contributed by atoms with Crippen LogP contribution in [0.3, 0.4) is 0 Å². The molecule has 5 nitrogen and oxygen atoms in total. The molecule has 0 spiro atoms. The number of fused-ring (bicyclic) bond motifs is 10. The number of benzene rings is 11. The maximum atomic E-state index is 5.31. The number of para-hydroxylation sites is 2. The quantitative estimate of drug-likeness (QED) is 0.167. The zero-order chi connectivity index (χ0) is 44.7. The molecule has 0 fully saturated rings. The van der Waals surface area contributed by atoms with Crippen molar-refractivity contribution in [3.63, 3.8) is 0 Å². The van der Waals surface area contributed by atoms with E-state index in [9.17, 15) is 0 Å². The lowest BCUT2D eigenvalue weighted by Gasteiger charge is -2.16. The van der Waals surface area contributed by atoms with Gasteiger partial charge in [0.15, 0.2) is 17.5 Å². The van der Waals surface area contributed by atoms with Crippen molar-refractivity contribution in [3.8, 4) is 56.7 Å². The first kappa shape index (κ1) is 38.1. The summed E-state index contributed by atoms with van der Waals surface area (Å²) in [5.41, 5.74) is 11.8. The lowest BCUT2D eigenvalue weighted by Crippen LogP contribution is -2.02. The lowest BCUT2D eigenvalue weighted by atomic mass is 10.0. The first-order valence-electron chi connectivity index (χ1n) is 23.1. The van der Waals surface area contributed by atoms with Gasteiger partial charge >= 0.3 is 0 Å². The molecule has 0 saturated heterocycles. The normalized spacial score (nSPS) is 11.8. The minimum Gasteiger partial charge on any atom is -0.309 e. The molecule has 11 aromatic carbocycles. The van der Waals surface area contributed by atoms with Crippen LogP contribution in [0, 0.1) is 0 Å². The van der Waals surface area contributed by atoms with Crippen molar-refractivity contribution >= 4 is 75.9 Å². The third-order valence-corrected chi connectivity index (χ3v) is 13.7. The second-order valence-electron chi connectivity index (χ2n) is 17.6. The molecule has 14 aromatic rings. The highest BCUT2D eigenvalue weighted by Gasteiger charge is 2.24. The van der Waals surface area contributed by atoms with Gasteiger partial charge in [-0.25, -0.2) is 15.0 Å². The van der Waals surface area contributed by atoms with E-state index in [0.29, 0.717) is 17.5 Å². The minimum absolute atomic E-state index is 0.606. The first-order chi connectivity index (χ1) is 33.7. The highest BCUT2D eigenvalue weighted by Crippen LogP contribution is 2.45. The Labute approximate surface area is 391 Å². The van der Waals surface area contributed by atoms with Gasteiger partial charge in [0.2, 0.25) is 0 Å². The summed E-state index contributed by atoms with van der Waals surface area (Å²) in [5.74, 6) is 1.85. The van der Waals surface area contributed by atoms with E-state index in [1.807, 2.05) is 6.07 Å². The molecule has 5 heteroatoms. The van der Waals surface area contributed by atoms with Gasteiger partial charge in [-0.1, -0.05) is 194 Å². The topological polar surface area (TPSA) is 48.5 Å². The zero-order valence-electron chi connectivity index (χ0n) is 36.8. The van der Waals surface area contributed by atoms with Crippen molar-refractivity contribution in [2.45, 2.75) is 0 Å². The molecule has 0 amide bonds. The van der Waals surface area contributed by atoms with Crippen molar-refractivity contribution in [3.05, 3.63) is 237 Å². The van der Waals surface area contributed by atoms with Crippen LogP contribution in [-0.4, -0.2) is 24.1 Å². The van der Waals surface area contributed by atoms with Gasteiger partial charge in [0.05, 0.1) is 27.8 Å². The predicted octanol–water partition coefficient (Wildman–Crippen LogP) is 16.2. The van der Waals surface area contributed by atoms with Crippen LogP contribution in [0.4, 0.5) is 0 Å². The number of aromatic nitrogens is 5. The molecule has 0 aliphatic rings. The summed E-state index contributed by atoms with van der Waals surface area (Å²) in [6, 6.07) is 84.6. The minimum atomic E-state index is 0.606. The number of nitrogens with zero attached hydrogens (tertiary/aromatic N) is 5. The molecule has 316 valence electrons. The Morgan fingerprint density at radius 3 is 1.57 bits per heavy atom. The smallest absolute Gasteiger partial charge is 0.164 e. The fourth-order valence-electron chi connectivity index (χ4n) is 10.7. The molecular weight excluding hydrogens is 827 g/mol. The van der Waals surface area contributed by atoms with E-state index in [1.165, 1.54) is 59.8 Å². The monoisotopic (exact) mass is 865 g/mol. The van der Waals surface area contributed by atoms with E-state index in [-0.39, 0.29) is 0 Å². The summed E-state index contributed by atoms with van der Waals surface area (Å²) in [6.07, 6.45) is 0. The average molecular weight is 866 g/mol. The summed E-state index contributed by atoms with van der Waals surface area (Å²) in [4.78, 5) is 15.8. The van der Waals surface area contributed by atoms with Crippen molar-refractivity contribution < 1.29 is 0 Å². The Morgan fingerprint density at radius 2 is 0.794 bits per heavy atom. The standard InChI is InChI=1S/C63H39N5/c1-2-17-40(18-3-1)43-23-14-24-45(37-43)61-64-62(66-63(65-61)51-32-16-22-41-19-4-7-27-48(41)51)46-25-15-26-47(38-46)67-54-33-12-11-31-53(54)59-57(67)39-44-21-6-9-29-50(44)60(59)68-55-34-13-10-30-52(55)58-49-28-8-5-20-42(49)35-36-56(58)68/h1-39H.